The summed E-state index contributed by atoms with van der Waals surface area (Å²) in [6.07, 6.45) is 0. The van der Waals surface area contributed by atoms with Gasteiger partial charge in [-0.1, -0.05) is 200 Å². The van der Waals surface area contributed by atoms with Crippen LogP contribution >= 0.6 is 0 Å². The molecular weight excluding hydrogens is 907 g/mol. The highest BCUT2D eigenvalue weighted by Crippen LogP contribution is 2.46. The Kier molecular flexibility index (Phi) is 10.8. The molecule has 0 fully saturated rings. The average molecular weight is 956 g/mol. The Morgan fingerprint density at radius 1 is 0.213 bits per heavy atom. The van der Waals surface area contributed by atoms with Crippen molar-refractivity contribution in [3.63, 3.8) is 0 Å². The molecule has 3 heteroatoms. The molecule has 14 rings (SSSR count). The lowest BCUT2D eigenvalue weighted by molar-refractivity contribution is 1.18. The maximum absolute atomic E-state index is 2.41. The van der Waals surface area contributed by atoms with Crippen LogP contribution in [0, 0.1) is 0 Å². The number of rotatable bonds is 10. The van der Waals surface area contributed by atoms with Crippen LogP contribution in [0.25, 0.3) is 111 Å². The molecule has 0 aliphatic carbocycles. The summed E-state index contributed by atoms with van der Waals surface area (Å²) in [5.41, 5.74) is 22.1. The predicted octanol–water partition coefficient (Wildman–Crippen LogP) is 19.7. The van der Waals surface area contributed by atoms with Gasteiger partial charge in [0.2, 0.25) is 0 Å². The second kappa shape index (κ2) is 18.6. The number of hydrogen-bond acceptors (Lipinski definition) is 1. The van der Waals surface area contributed by atoms with Crippen molar-refractivity contribution in [3.8, 4) is 67.0 Å². The number of benzene rings is 12. The van der Waals surface area contributed by atoms with Crippen molar-refractivity contribution in [1.29, 1.82) is 0 Å². The van der Waals surface area contributed by atoms with E-state index in [2.05, 4.69) is 311 Å². The largest absolute Gasteiger partial charge is 0.311 e. The van der Waals surface area contributed by atoms with Gasteiger partial charge in [0.1, 0.15) is 0 Å². The van der Waals surface area contributed by atoms with Gasteiger partial charge in [-0.05, 0) is 153 Å². The summed E-state index contributed by atoms with van der Waals surface area (Å²) in [6.45, 7) is 0. The van der Waals surface area contributed by atoms with Gasteiger partial charge in [-0.3, -0.25) is 0 Å². The van der Waals surface area contributed by atoms with Crippen molar-refractivity contribution in [2.75, 3.05) is 4.90 Å². The Morgan fingerprint density at radius 3 is 0.947 bits per heavy atom. The maximum atomic E-state index is 2.41. The Morgan fingerprint density at radius 2 is 0.533 bits per heavy atom. The molecule has 0 amide bonds. The third-order valence-electron chi connectivity index (χ3n) is 14.9. The zero-order valence-corrected chi connectivity index (χ0v) is 41.1. The molecule has 0 atom stereocenters. The molecule has 2 heterocycles. The topological polar surface area (TPSA) is 13.1 Å². The van der Waals surface area contributed by atoms with Gasteiger partial charge in [0.15, 0.2) is 0 Å². The second-order valence-corrected chi connectivity index (χ2v) is 19.3. The van der Waals surface area contributed by atoms with Crippen LogP contribution in [0.2, 0.25) is 0 Å². The van der Waals surface area contributed by atoms with Crippen LogP contribution in [0.3, 0.4) is 0 Å². The first-order valence-electron chi connectivity index (χ1n) is 25.7. The van der Waals surface area contributed by atoms with Gasteiger partial charge in [-0.25, -0.2) is 0 Å². The second-order valence-electron chi connectivity index (χ2n) is 19.3. The minimum atomic E-state index is 1.07. The molecule has 0 aliphatic rings. The van der Waals surface area contributed by atoms with Crippen molar-refractivity contribution in [2.24, 2.45) is 0 Å². The lowest BCUT2D eigenvalue weighted by atomic mass is 9.87. The van der Waals surface area contributed by atoms with E-state index in [1.807, 2.05) is 0 Å². The van der Waals surface area contributed by atoms with Crippen LogP contribution < -0.4 is 4.90 Å². The van der Waals surface area contributed by atoms with Crippen LogP contribution in [-0.2, 0) is 0 Å². The third-order valence-corrected chi connectivity index (χ3v) is 14.9. The van der Waals surface area contributed by atoms with Gasteiger partial charge in [0.25, 0.3) is 0 Å². The van der Waals surface area contributed by atoms with Crippen molar-refractivity contribution >= 4 is 60.7 Å². The fraction of sp³-hybridized carbons (Fsp3) is 0. The molecule has 0 N–H and O–H groups in total. The van der Waals surface area contributed by atoms with E-state index in [-0.39, 0.29) is 0 Å². The molecule has 3 nitrogen and oxygen atoms in total. The summed E-state index contributed by atoms with van der Waals surface area (Å²) in [5.74, 6) is 0. The molecule has 0 unspecified atom stereocenters. The standard InChI is InChI=1S/C72H49N3/c1-5-18-50(19-6-1)52-32-40-59(41-33-52)73(60-42-34-53(35-43-60)51-20-7-2-8-21-51)61-44-36-54(37-45-61)72-62(55-38-46-70-66(48-55)64-26-13-15-30-68(64)74(70)57-22-9-3-10-23-57)28-17-29-63(72)56-39-47-71-67(49-56)65-27-14-16-31-69(65)75(71)58-24-11-4-12-25-58/h1-49H. The minimum Gasteiger partial charge on any atom is -0.311 e. The fourth-order valence-electron chi connectivity index (χ4n) is 11.4. The summed E-state index contributed by atoms with van der Waals surface area (Å²) in [5, 5.41) is 4.91. The zero-order chi connectivity index (χ0) is 49.7. The maximum Gasteiger partial charge on any atom is 0.0541 e. The lowest BCUT2D eigenvalue weighted by Crippen LogP contribution is -2.09. The Hall–Kier alpha value is -9.96. The predicted molar refractivity (Wildman–Crippen MR) is 317 cm³/mol. The molecule has 0 radical (unpaired) electrons. The van der Waals surface area contributed by atoms with Gasteiger partial charge in [-0.2, -0.15) is 0 Å². The highest BCUT2D eigenvalue weighted by Gasteiger charge is 2.21. The molecule has 352 valence electrons. The van der Waals surface area contributed by atoms with Crippen molar-refractivity contribution in [2.45, 2.75) is 0 Å². The first kappa shape index (κ1) is 43.8. The van der Waals surface area contributed by atoms with Gasteiger partial charge < -0.3 is 14.0 Å². The molecular formula is C72H49N3. The fourth-order valence-corrected chi connectivity index (χ4v) is 11.4. The number of nitrogens with zero attached hydrogens (tertiary/aromatic N) is 3. The van der Waals surface area contributed by atoms with Crippen LogP contribution in [0.5, 0.6) is 0 Å². The van der Waals surface area contributed by atoms with Crippen molar-refractivity contribution in [1.82, 2.24) is 9.13 Å². The van der Waals surface area contributed by atoms with E-state index < -0.39 is 0 Å². The molecule has 0 bridgehead atoms. The van der Waals surface area contributed by atoms with E-state index in [1.165, 1.54) is 93.7 Å². The van der Waals surface area contributed by atoms with E-state index in [1.54, 1.807) is 0 Å². The normalized spacial score (nSPS) is 11.5. The van der Waals surface area contributed by atoms with E-state index in [0.717, 1.165) is 34.0 Å². The van der Waals surface area contributed by atoms with Gasteiger partial charge in [0.05, 0.1) is 22.1 Å². The van der Waals surface area contributed by atoms with Crippen molar-refractivity contribution < 1.29 is 0 Å². The number of hydrogen-bond donors (Lipinski definition) is 0. The van der Waals surface area contributed by atoms with Gasteiger partial charge in [0, 0.05) is 50.0 Å². The SMILES string of the molecule is c1ccc(-c2ccc(N(c3ccc(-c4ccccc4)cc3)c3ccc(-c4c(-c5ccc6c(c5)c5ccccc5n6-c5ccccc5)cccc4-c4ccc5c(c4)c4ccccc4n5-c4ccccc4)cc3)cc2)cc1. The Bertz CT molecular complexity index is 4090. The van der Waals surface area contributed by atoms with Crippen LogP contribution in [0.1, 0.15) is 0 Å². The first-order valence-corrected chi connectivity index (χ1v) is 25.7. The van der Waals surface area contributed by atoms with E-state index in [9.17, 15) is 0 Å². The molecule has 0 spiro atoms. The van der Waals surface area contributed by atoms with Crippen LogP contribution in [0.4, 0.5) is 17.1 Å². The molecule has 0 saturated carbocycles. The average Bonchev–Trinajstić information content (AvgIpc) is 4.01. The van der Waals surface area contributed by atoms with Crippen LogP contribution in [0.15, 0.2) is 297 Å². The lowest BCUT2D eigenvalue weighted by Gasteiger charge is -2.26. The van der Waals surface area contributed by atoms with E-state index in [4.69, 9.17) is 0 Å². The summed E-state index contributed by atoms with van der Waals surface area (Å²) in [4.78, 5) is 2.37. The zero-order valence-electron chi connectivity index (χ0n) is 41.1. The van der Waals surface area contributed by atoms with Gasteiger partial charge >= 0.3 is 0 Å². The minimum absolute atomic E-state index is 1.07. The Labute approximate surface area is 436 Å². The van der Waals surface area contributed by atoms with Crippen molar-refractivity contribution in [3.05, 3.63) is 297 Å². The summed E-state index contributed by atoms with van der Waals surface area (Å²) >= 11 is 0. The summed E-state index contributed by atoms with van der Waals surface area (Å²) in [6, 6.07) is 108. The molecule has 75 heavy (non-hydrogen) atoms. The van der Waals surface area contributed by atoms with Crippen LogP contribution in [-0.4, -0.2) is 9.13 Å². The quantitative estimate of drug-likeness (QED) is 0.133. The molecule has 2 aromatic heterocycles. The molecule has 0 saturated heterocycles. The first-order chi connectivity index (χ1) is 37.2. The summed E-state index contributed by atoms with van der Waals surface area (Å²) in [7, 11) is 0. The van der Waals surface area contributed by atoms with E-state index >= 15 is 0 Å². The highest BCUT2D eigenvalue weighted by atomic mass is 15.1. The summed E-state index contributed by atoms with van der Waals surface area (Å²) < 4.78 is 4.78. The smallest absolute Gasteiger partial charge is 0.0541 e. The number of aromatic nitrogens is 2. The number of fused-ring (bicyclic) bond motifs is 6. The molecule has 0 aliphatic heterocycles. The highest BCUT2D eigenvalue weighted by molar-refractivity contribution is 6.13. The van der Waals surface area contributed by atoms with E-state index in [0.29, 0.717) is 0 Å². The third kappa shape index (κ3) is 7.78. The van der Waals surface area contributed by atoms with Gasteiger partial charge in [-0.15, -0.1) is 0 Å². The molecule has 12 aromatic carbocycles. The number of para-hydroxylation sites is 4. The molecule has 14 aromatic rings. The Balaban J connectivity index is 0.947. The number of anilines is 3. The monoisotopic (exact) mass is 955 g/mol.